The molecule has 124 valence electrons. The van der Waals surface area contributed by atoms with E-state index in [-0.39, 0.29) is 36.7 Å². The average molecular weight is 331 g/mol. The molecule has 8 nitrogen and oxygen atoms in total. The number of nitrogens with two attached hydrogens (primary N) is 1. The van der Waals surface area contributed by atoms with Crippen LogP contribution in [0.1, 0.15) is 32.6 Å². The highest BCUT2D eigenvalue weighted by molar-refractivity contribution is 5.92. The lowest BCUT2D eigenvalue weighted by Crippen LogP contribution is -2.35. The Morgan fingerprint density at radius 1 is 1.32 bits per heavy atom. The first kappa shape index (κ1) is 18.4. The molecule has 3 N–H and O–H groups in total. The van der Waals surface area contributed by atoms with Crippen LogP contribution < -0.4 is 11.1 Å². The van der Waals surface area contributed by atoms with Crippen LogP contribution in [0.5, 0.6) is 0 Å². The van der Waals surface area contributed by atoms with E-state index in [0.717, 1.165) is 25.9 Å². The normalized spacial score (nSPS) is 16.4. The lowest BCUT2D eigenvalue weighted by atomic mass is 10.2. The molecule has 1 aliphatic heterocycles. The maximum absolute atomic E-state index is 12.2. The minimum atomic E-state index is -0.629. The van der Waals surface area contributed by atoms with E-state index in [4.69, 9.17) is 5.73 Å². The number of nitrogens with zero attached hydrogens (tertiary/aromatic N) is 4. The summed E-state index contributed by atoms with van der Waals surface area (Å²) in [6, 6.07) is -0.629. The average Bonchev–Trinajstić information content (AvgIpc) is 2.72. The molecule has 0 bridgehead atoms. The zero-order valence-corrected chi connectivity index (χ0v) is 13.5. The number of hydrogen-bond donors (Lipinski definition) is 2. The molecule has 2 amide bonds. The molecule has 1 saturated heterocycles. The van der Waals surface area contributed by atoms with E-state index in [1.165, 1.54) is 23.9 Å². The van der Waals surface area contributed by atoms with Gasteiger partial charge >= 0.3 is 0 Å². The van der Waals surface area contributed by atoms with Gasteiger partial charge in [-0.05, 0) is 19.8 Å². The summed E-state index contributed by atoms with van der Waals surface area (Å²) in [5.41, 5.74) is 5.45. The Balaban J connectivity index is 0.00000242. The zero-order valence-electron chi connectivity index (χ0n) is 12.7. The fourth-order valence-electron chi connectivity index (χ4n) is 2.21. The third kappa shape index (κ3) is 5.27. The maximum atomic E-state index is 12.2. The van der Waals surface area contributed by atoms with Gasteiger partial charge in [0.1, 0.15) is 12.9 Å². The van der Waals surface area contributed by atoms with E-state index in [1.807, 2.05) is 4.90 Å². The van der Waals surface area contributed by atoms with Gasteiger partial charge in [0.15, 0.2) is 0 Å². The number of rotatable bonds is 4. The van der Waals surface area contributed by atoms with Crippen LogP contribution in [-0.2, 0) is 16.1 Å². The van der Waals surface area contributed by atoms with Crippen molar-refractivity contribution in [2.75, 3.05) is 18.4 Å². The van der Waals surface area contributed by atoms with Crippen molar-refractivity contribution >= 4 is 30.2 Å². The predicted molar refractivity (Wildman–Crippen MR) is 84.6 cm³/mol. The van der Waals surface area contributed by atoms with Gasteiger partial charge in [-0.2, -0.15) is 0 Å². The quantitative estimate of drug-likeness (QED) is 0.830. The number of hydrogen-bond acceptors (Lipinski definition) is 5. The van der Waals surface area contributed by atoms with Gasteiger partial charge in [0.25, 0.3) is 0 Å². The minimum Gasteiger partial charge on any atom is -0.341 e. The lowest BCUT2D eigenvalue weighted by molar-refractivity contribution is -0.132. The fraction of sp³-hybridized carbons (Fsp3) is 0.692. The summed E-state index contributed by atoms with van der Waals surface area (Å²) in [4.78, 5) is 29.4. The molecule has 0 saturated carbocycles. The predicted octanol–water partition coefficient (Wildman–Crippen LogP) is 0.388. The van der Waals surface area contributed by atoms with Gasteiger partial charge in [0, 0.05) is 13.1 Å². The van der Waals surface area contributed by atoms with E-state index in [1.54, 1.807) is 6.92 Å². The highest BCUT2D eigenvalue weighted by atomic mass is 35.5. The Bertz CT molecular complexity index is 496. The summed E-state index contributed by atoms with van der Waals surface area (Å²) in [5, 5.41) is 6.55. The Morgan fingerprint density at radius 2 is 1.95 bits per heavy atom. The maximum Gasteiger partial charge on any atom is 0.248 e. The molecule has 1 aliphatic rings. The van der Waals surface area contributed by atoms with Crippen molar-refractivity contribution < 1.29 is 9.59 Å². The highest BCUT2D eigenvalue weighted by Crippen LogP contribution is 2.10. The number of anilines is 1. The highest BCUT2D eigenvalue weighted by Gasteiger charge is 2.17. The van der Waals surface area contributed by atoms with E-state index in [9.17, 15) is 9.59 Å². The molecule has 0 aromatic carbocycles. The van der Waals surface area contributed by atoms with Crippen LogP contribution in [0, 0.1) is 0 Å². The van der Waals surface area contributed by atoms with E-state index < -0.39 is 6.04 Å². The summed E-state index contributed by atoms with van der Waals surface area (Å²) >= 11 is 0. The second kappa shape index (κ2) is 8.70. The first-order chi connectivity index (χ1) is 10.1. The monoisotopic (exact) mass is 330 g/mol. The van der Waals surface area contributed by atoms with E-state index in [0.29, 0.717) is 0 Å². The summed E-state index contributed by atoms with van der Waals surface area (Å²) in [7, 11) is 0. The molecule has 0 radical (unpaired) electrons. The number of carbonyl (C=O) groups excluding carboxylic acids is 2. The van der Waals surface area contributed by atoms with Crippen LogP contribution in [0.4, 0.5) is 5.95 Å². The Kier molecular flexibility index (Phi) is 7.26. The van der Waals surface area contributed by atoms with Crippen molar-refractivity contribution in [2.45, 2.75) is 45.2 Å². The molecule has 0 aliphatic carbocycles. The van der Waals surface area contributed by atoms with Crippen LogP contribution in [0.3, 0.4) is 0 Å². The molecular weight excluding hydrogens is 308 g/mol. The molecular formula is C13H23ClN6O2. The largest absolute Gasteiger partial charge is 0.341 e. The molecule has 1 atom stereocenters. The Hall–Kier alpha value is -1.67. The second-order valence-electron chi connectivity index (χ2n) is 5.34. The van der Waals surface area contributed by atoms with Gasteiger partial charge < -0.3 is 10.6 Å². The van der Waals surface area contributed by atoms with Gasteiger partial charge in [-0.25, -0.2) is 9.67 Å². The van der Waals surface area contributed by atoms with Gasteiger partial charge in [-0.3, -0.25) is 14.9 Å². The molecule has 1 aromatic rings. The van der Waals surface area contributed by atoms with E-state index in [2.05, 4.69) is 15.4 Å². The van der Waals surface area contributed by atoms with Crippen molar-refractivity contribution in [3.05, 3.63) is 6.33 Å². The van der Waals surface area contributed by atoms with Crippen LogP contribution in [0.2, 0.25) is 0 Å². The van der Waals surface area contributed by atoms with Crippen molar-refractivity contribution in [1.82, 2.24) is 19.7 Å². The van der Waals surface area contributed by atoms with Crippen molar-refractivity contribution in [2.24, 2.45) is 5.73 Å². The fourth-order valence-corrected chi connectivity index (χ4v) is 2.21. The van der Waals surface area contributed by atoms with Crippen LogP contribution >= 0.6 is 12.4 Å². The molecule has 1 fully saturated rings. The number of halogens is 1. The van der Waals surface area contributed by atoms with Gasteiger partial charge in [-0.15, -0.1) is 17.5 Å². The molecule has 9 heteroatoms. The van der Waals surface area contributed by atoms with E-state index >= 15 is 0 Å². The zero-order chi connectivity index (χ0) is 15.2. The third-order valence-electron chi connectivity index (χ3n) is 3.44. The lowest BCUT2D eigenvalue weighted by Gasteiger charge is -2.19. The molecule has 2 rings (SSSR count). The Labute approximate surface area is 135 Å². The summed E-state index contributed by atoms with van der Waals surface area (Å²) < 4.78 is 1.43. The first-order valence-electron chi connectivity index (χ1n) is 7.30. The minimum absolute atomic E-state index is 0. The third-order valence-corrected chi connectivity index (χ3v) is 3.44. The first-order valence-corrected chi connectivity index (χ1v) is 7.30. The second-order valence-corrected chi connectivity index (χ2v) is 5.34. The number of nitrogens with one attached hydrogen (secondary N) is 1. The number of likely N-dealkylation sites (tertiary alicyclic amines) is 1. The van der Waals surface area contributed by atoms with Crippen molar-refractivity contribution in [3.63, 3.8) is 0 Å². The number of carbonyl (C=O) groups is 2. The van der Waals surface area contributed by atoms with Gasteiger partial charge in [-0.1, -0.05) is 12.8 Å². The summed E-state index contributed by atoms with van der Waals surface area (Å²) in [5.74, 6) is -0.153. The van der Waals surface area contributed by atoms with Crippen LogP contribution in [-0.4, -0.2) is 50.6 Å². The molecule has 0 unspecified atom stereocenters. The number of aromatic nitrogens is 3. The van der Waals surface area contributed by atoms with Gasteiger partial charge in [0.2, 0.25) is 17.8 Å². The smallest absolute Gasteiger partial charge is 0.248 e. The molecule has 1 aromatic heterocycles. The molecule has 2 heterocycles. The Morgan fingerprint density at radius 3 is 2.55 bits per heavy atom. The molecule has 22 heavy (non-hydrogen) atoms. The standard InChI is InChI=1S/C13H22N6O2.ClH/c1-10(14)12(21)16-13-15-9-19(17-13)8-11(20)18-6-4-2-3-5-7-18;/h9-10H,2-8,14H2,1H3,(H,16,17,21);1H/t10-;/m0./s1. The number of amides is 2. The summed E-state index contributed by atoms with van der Waals surface area (Å²) in [6.45, 7) is 3.33. The van der Waals surface area contributed by atoms with Crippen LogP contribution in [0.25, 0.3) is 0 Å². The van der Waals surface area contributed by atoms with Crippen molar-refractivity contribution in [1.29, 1.82) is 0 Å². The van der Waals surface area contributed by atoms with Crippen molar-refractivity contribution in [3.8, 4) is 0 Å². The summed E-state index contributed by atoms with van der Waals surface area (Å²) in [6.07, 6.45) is 5.91. The SMILES string of the molecule is C[C@H](N)C(=O)Nc1ncn(CC(=O)N2CCCCCC2)n1.Cl. The molecule has 0 spiro atoms. The van der Waals surface area contributed by atoms with Crippen LogP contribution in [0.15, 0.2) is 6.33 Å². The topological polar surface area (TPSA) is 106 Å². The van der Waals surface area contributed by atoms with Gasteiger partial charge in [0.05, 0.1) is 6.04 Å².